The molecule has 0 unspecified atom stereocenters. The quantitative estimate of drug-likeness (QED) is 0.409. The van der Waals surface area contributed by atoms with Gasteiger partial charge in [0.1, 0.15) is 0 Å². The molecule has 2 fully saturated rings. The number of unbranched alkanes of at least 4 members (excludes halogenated alkanes) is 1. The minimum atomic E-state index is 0.0498. The van der Waals surface area contributed by atoms with E-state index in [-0.39, 0.29) is 24.3 Å². The van der Waals surface area contributed by atoms with E-state index in [1.165, 1.54) is 11.1 Å². The number of carbonyl (C=O) groups is 2. The van der Waals surface area contributed by atoms with E-state index in [4.69, 9.17) is 0 Å². The molecule has 7 heteroatoms. The highest BCUT2D eigenvalue weighted by Crippen LogP contribution is 2.28. The monoisotopic (exact) mass is 511 g/mol. The maximum Gasteiger partial charge on any atom is 0.242 e. The minimum absolute atomic E-state index is 0.0498. The lowest BCUT2D eigenvalue weighted by Gasteiger charge is -2.37. The molecule has 3 aromatic rings. The van der Waals surface area contributed by atoms with Gasteiger partial charge in [0.25, 0.3) is 0 Å². The molecule has 1 aliphatic heterocycles. The molecule has 0 spiro atoms. The van der Waals surface area contributed by atoms with Crippen molar-refractivity contribution in [2.45, 2.75) is 39.0 Å². The van der Waals surface area contributed by atoms with Crippen LogP contribution in [0.5, 0.6) is 0 Å². The molecule has 198 valence electrons. The predicted molar refractivity (Wildman–Crippen MR) is 151 cm³/mol. The Morgan fingerprint density at radius 3 is 2.13 bits per heavy atom. The van der Waals surface area contributed by atoms with Crippen LogP contribution in [-0.4, -0.2) is 71.1 Å². The highest BCUT2D eigenvalue weighted by molar-refractivity contribution is 5.86. The van der Waals surface area contributed by atoms with Crippen molar-refractivity contribution >= 4 is 17.6 Å². The summed E-state index contributed by atoms with van der Waals surface area (Å²) in [5.74, 6) is 1.17. The molecule has 0 bridgehead atoms. The second-order valence-corrected chi connectivity index (χ2v) is 10.3. The van der Waals surface area contributed by atoms with Crippen molar-refractivity contribution in [1.29, 1.82) is 0 Å². The van der Waals surface area contributed by atoms with E-state index in [2.05, 4.69) is 58.4 Å². The van der Waals surface area contributed by atoms with Crippen LogP contribution in [0.4, 0.5) is 5.82 Å². The number of hydrogen-bond donors (Lipinski definition) is 0. The lowest BCUT2D eigenvalue weighted by molar-refractivity contribution is -0.144. The summed E-state index contributed by atoms with van der Waals surface area (Å²) in [6, 6.07) is 22.7. The number of anilines is 1. The first-order chi connectivity index (χ1) is 18.6. The molecular formula is C31H37N5O2. The molecule has 0 atom stereocenters. The first-order valence-electron chi connectivity index (χ1n) is 13.9. The maximum atomic E-state index is 13.0. The minimum Gasteiger partial charge on any atom is -0.352 e. The van der Waals surface area contributed by atoms with Crippen molar-refractivity contribution in [2.24, 2.45) is 5.92 Å². The zero-order chi connectivity index (χ0) is 26.3. The molecule has 0 radical (unpaired) electrons. The molecule has 38 heavy (non-hydrogen) atoms. The lowest BCUT2D eigenvalue weighted by atomic mass is 9.84. The van der Waals surface area contributed by atoms with Gasteiger partial charge in [0.15, 0.2) is 5.82 Å². The fraction of sp³-hybridized carbons (Fsp3) is 0.419. The van der Waals surface area contributed by atoms with Gasteiger partial charge in [-0.15, -0.1) is 10.2 Å². The van der Waals surface area contributed by atoms with Crippen LogP contribution in [0, 0.1) is 5.92 Å². The zero-order valence-corrected chi connectivity index (χ0v) is 22.3. The molecular weight excluding hydrogens is 474 g/mol. The van der Waals surface area contributed by atoms with Crippen molar-refractivity contribution in [2.75, 3.05) is 44.2 Å². The van der Waals surface area contributed by atoms with Crippen LogP contribution in [0.2, 0.25) is 0 Å². The number of amides is 2. The van der Waals surface area contributed by atoms with Gasteiger partial charge in [-0.1, -0.05) is 74.4 Å². The molecule has 5 rings (SSSR count). The molecule has 1 saturated heterocycles. The largest absolute Gasteiger partial charge is 0.352 e. The fourth-order valence-electron chi connectivity index (χ4n) is 5.09. The molecule has 2 aromatic carbocycles. The summed E-state index contributed by atoms with van der Waals surface area (Å²) in [6.07, 6.45) is 5.00. The summed E-state index contributed by atoms with van der Waals surface area (Å²) in [7, 11) is 0. The predicted octanol–water partition coefficient (Wildman–Crippen LogP) is 4.89. The van der Waals surface area contributed by atoms with Crippen LogP contribution in [-0.2, 0) is 9.59 Å². The van der Waals surface area contributed by atoms with Gasteiger partial charge >= 0.3 is 0 Å². The van der Waals surface area contributed by atoms with Gasteiger partial charge in [-0.2, -0.15) is 0 Å². The Labute approximate surface area is 225 Å². The molecule has 1 aromatic heterocycles. The molecule has 0 N–H and O–H groups in total. The van der Waals surface area contributed by atoms with Crippen LogP contribution >= 0.6 is 0 Å². The SMILES string of the molecule is CCCCN(CC(=O)N1CCN(c2ccc(-c3ccc(-c4ccccc4)cc3)nn2)CC1)C(=O)C1CCC1. The topological polar surface area (TPSA) is 69.6 Å². The summed E-state index contributed by atoms with van der Waals surface area (Å²) in [5, 5.41) is 8.97. The normalized spacial score (nSPS) is 15.7. The Morgan fingerprint density at radius 2 is 1.53 bits per heavy atom. The van der Waals surface area contributed by atoms with Crippen molar-refractivity contribution in [3.05, 3.63) is 66.7 Å². The third kappa shape index (κ3) is 6.04. The average molecular weight is 512 g/mol. The van der Waals surface area contributed by atoms with E-state index in [0.29, 0.717) is 32.7 Å². The number of benzene rings is 2. The molecule has 1 saturated carbocycles. The summed E-state index contributed by atoms with van der Waals surface area (Å²) >= 11 is 0. The van der Waals surface area contributed by atoms with E-state index < -0.39 is 0 Å². The molecule has 7 nitrogen and oxygen atoms in total. The van der Waals surface area contributed by atoms with Crippen molar-refractivity contribution < 1.29 is 9.59 Å². The highest BCUT2D eigenvalue weighted by atomic mass is 16.2. The Balaban J connectivity index is 1.14. The molecule has 2 aliphatic rings. The van der Waals surface area contributed by atoms with Crippen LogP contribution in [0.1, 0.15) is 39.0 Å². The average Bonchev–Trinajstić information content (AvgIpc) is 2.95. The Kier molecular flexibility index (Phi) is 8.31. The number of piperazine rings is 1. The van der Waals surface area contributed by atoms with E-state index in [1.807, 2.05) is 35.2 Å². The maximum absolute atomic E-state index is 13.0. The van der Waals surface area contributed by atoms with E-state index in [9.17, 15) is 9.59 Å². The lowest BCUT2D eigenvalue weighted by Crippen LogP contribution is -2.53. The molecule has 1 aliphatic carbocycles. The van der Waals surface area contributed by atoms with Crippen LogP contribution in [0.3, 0.4) is 0 Å². The van der Waals surface area contributed by atoms with Gasteiger partial charge < -0.3 is 14.7 Å². The van der Waals surface area contributed by atoms with Gasteiger partial charge in [-0.25, -0.2) is 0 Å². The zero-order valence-electron chi connectivity index (χ0n) is 22.3. The smallest absolute Gasteiger partial charge is 0.242 e. The van der Waals surface area contributed by atoms with Gasteiger partial charge in [0.2, 0.25) is 11.8 Å². The number of aromatic nitrogens is 2. The van der Waals surface area contributed by atoms with E-state index in [0.717, 1.165) is 49.2 Å². The highest BCUT2D eigenvalue weighted by Gasteiger charge is 2.31. The number of hydrogen-bond acceptors (Lipinski definition) is 5. The second kappa shape index (κ2) is 12.2. The van der Waals surface area contributed by atoms with Crippen LogP contribution in [0.15, 0.2) is 66.7 Å². The Hall–Kier alpha value is -3.74. The first kappa shape index (κ1) is 25.9. The Bertz CT molecular complexity index is 1200. The molecule has 2 amide bonds. The third-order valence-corrected chi connectivity index (χ3v) is 7.77. The Morgan fingerprint density at radius 1 is 0.842 bits per heavy atom. The number of carbonyl (C=O) groups excluding carboxylic acids is 2. The van der Waals surface area contributed by atoms with Gasteiger partial charge in [-0.05, 0) is 42.5 Å². The summed E-state index contributed by atoms with van der Waals surface area (Å²) < 4.78 is 0. The number of rotatable bonds is 9. The van der Waals surface area contributed by atoms with Crippen molar-refractivity contribution in [1.82, 2.24) is 20.0 Å². The summed E-state index contributed by atoms with van der Waals surface area (Å²) in [6.45, 7) is 5.66. The van der Waals surface area contributed by atoms with E-state index in [1.54, 1.807) is 4.90 Å². The summed E-state index contributed by atoms with van der Waals surface area (Å²) in [4.78, 5) is 31.7. The second-order valence-electron chi connectivity index (χ2n) is 10.3. The van der Waals surface area contributed by atoms with Crippen molar-refractivity contribution in [3.63, 3.8) is 0 Å². The van der Waals surface area contributed by atoms with Crippen molar-refractivity contribution in [3.8, 4) is 22.4 Å². The van der Waals surface area contributed by atoms with Crippen LogP contribution in [0.25, 0.3) is 22.4 Å². The standard InChI is InChI=1S/C31H37N5O2/c1-2-3-18-36(31(38)27-10-7-11-27)23-30(37)35-21-19-34(20-22-35)29-17-16-28(32-33-29)26-14-12-25(13-15-26)24-8-5-4-6-9-24/h4-6,8-9,12-17,27H,2-3,7,10-11,18-23H2,1H3. The van der Waals surface area contributed by atoms with Gasteiger partial charge in [0.05, 0.1) is 12.2 Å². The van der Waals surface area contributed by atoms with Crippen LogP contribution < -0.4 is 4.90 Å². The number of nitrogens with zero attached hydrogens (tertiary/aromatic N) is 5. The van der Waals surface area contributed by atoms with Gasteiger partial charge in [0, 0.05) is 44.2 Å². The van der Waals surface area contributed by atoms with E-state index >= 15 is 0 Å². The summed E-state index contributed by atoms with van der Waals surface area (Å²) in [5.41, 5.74) is 4.23. The third-order valence-electron chi connectivity index (χ3n) is 7.77. The van der Waals surface area contributed by atoms with Gasteiger partial charge in [-0.3, -0.25) is 9.59 Å². The first-order valence-corrected chi connectivity index (χ1v) is 13.9. The molecule has 2 heterocycles. The fourth-order valence-corrected chi connectivity index (χ4v) is 5.09.